The SMILES string of the molecule is O.O.O.O.O.O.O.O.O.O.O=S(=O)([O-])[O-].[Al+3]. The fourth-order valence-corrected chi connectivity index (χ4v) is 0. The van der Waals surface area contributed by atoms with Crippen molar-refractivity contribution in [2.75, 3.05) is 0 Å². The predicted octanol–water partition coefficient (Wildman–Crippen LogP) is -9.97. The van der Waals surface area contributed by atoms with Crippen molar-refractivity contribution in [2.24, 2.45) is 0 Å². The molecule has 0 aromatic rings. The van der Waals surface area contributed by atoms with Gasteiger partial charge in [0.2, 0.25) is 0 Å². The van der Waals surface area contributed by atoms with E-state index in [0.717, 1.165) is 0 Å². The average Bonchev–Trinajstić information content (AvgIpc) is 0.722. The topological polar surface area (TPSA) is 395 Å². The summed E-state index contributed by atoms with van der Waals surface area (Å²) in [5, 5.41) is 0. The van der Waals surface area contributed by atoms with Crippen LogP contribution in [0.2, 0.25) is 0 Å². The first kappa shape index (κ1) is 225. The first-order chi connectivity index (χ1) is 2.00. The number of hydrogen-bond donors (Lipinski definition) is 0. The van der Waals surface area contributed by atoms with Crippen molar-refractivity contribution in [2.45, 2.75) is 0 Å². The Morgan fingerprint density at radius 1 is 0.500 bits per heavy atom. The van der Waals surface area contributed by atoms with E-state index in [1.165, 1.54) is 0 Å². The summed E-state index contributed by atoms with van der Waals surface area (Å²) < 4.78 is 34.1. The third-order valence-corrected chi connectivity index (χ3v) is 0. The quantitative estimate of drug-likeness (QED) is 0.238. The molecule has 0 saturated heterocycles. The Morgan fingerprint density at radius 2 is 0.500 bits per heavy atom. The molecule has 0 saturated carbocycles. The molecule has 0 aromatic heterocycles. The fourth-order valence-electron chi connectivity index (χ4n) is 0. The molecule has 0 rings (SSSR count). The number of hydrogen-bond acceptors (Lipinski definition) is 4. The van der Waals surface area contributed by atoms with Gasteiger partial charge < -0.3 is 63.9 Å². The molecule has 0 aromatic carbocycles. The van der Waals surface area contributed by atoms with Crippen molar-refractivity contribution in [1.29, 1.82) is 0 Å². The normalized spacial score (nSPS) is 3.62. The second kappa shape index (κ2) is 81.6. The van der Waals surface area contributed by atoms with Crippen LogP contribution in [0.15, 0.2) is 0 Å². The molecule has 16 heteroatoms. The van der Waals surface area contributed by atoms with Gasteiger partial charge in [-0.25, -0.2) is 0 Å². The van der Waals surface area contributed by atoms with Crippen LogP contribution in [-0.2, 0) is 10.4 Å². The van der Waals surface area contributed by atoms with Gasteiger partial charge in [0, 0.05) is 10.4 Å². The summed E-state index contributed by atoms with van der Waals surface area (Å²) in [5.74, 6) is 0. The minimum atomic E-state index is -5.17. The molecule has 0 unspecified atom stereocenters. The summed E-state index contributed by atoms with van der Waals surface area (Å²) in [7, 11) is -5.17. The van der Waals surface area contributed by atoms with Gasteiger partial charge in [-0.1, -0.05) is 0 Å². The van der Waals surface area contributed by atoms with Crippen LogP contribution in [0.3, 0.4) is 0 Å². The van der Waals surface area contributed by atoms with Crippen molar-refractivity contribution in [3.63, 3.8) is 0 Å². The average molecular weight is 303 g/mol. The second-order valence-electron chi connectivity index (χ2n) is 0.408. The molecule has 14 nitrogen and oxygen atoms in total. The molecule has 0 heterocycles. The van der Waals surface area contributed by atoms with Crippen LogP contribution in [0, 0.1) is 0 Å². The van der Waals surface area contributed by atoms with Gasteiger partial charge in [-0.05, 0) is 0 Å². The van der Waals surface area contributed by atoms with E-state index in [9.17, 15) is 0 Å². The monoisotopic (exact) mass is 303 g/mol. The smallest absolute Gasteiger partial charge is 0.759 e. The summed E-state index contributed by atoms with van der Waals surface area (Å²) in [6.45, 7) is 0. The third kappa shape index (κ3) is 389000000. The van der Waals surface area contributed by atoms with Crippen molar-refractivity contribution in [1.82, 2.24) is 0 Å². The van der Waals surface area contributed by atoms with Crippen LogP contribution in [0.5, 0.6) is 0 Å². The van der Waals surface area contributed by atoms with E-state index in [2.05, 4.69) is 0 Å². The summed E-state index contributed by atoms with van der Waals surface area (Å²) in [6, 6.07) is 0. The molecule has 0 atom stereocenters. The summed E-state index contributed by atoms with van der Waals surface area (Å²) in [6.07, 6.45) is 0. The van der Waals surface area contributed by atoms with Gasteiger partial charge in [0.15, 0.2) is 0 Å². The van der Waals surface area contributed by atoms with E-state index in [4.69, 9.17) is 17.5 Å². The number of rotatable bonds is 0. The summed E-state index contributed by atoms with van der Waals surface area (Å²) in [4.78, 5) is 0. The molecule has 0 spiro atoms. The second-order valence-corrected chi connectivity index (χ2v) is 1.22. The molecule has 0 bridgehead atoms. The van der Waals surface area contributed by atoms with Crippen molar-refractivity contribution < 1.29 is 72.3 Å². The molecule has 0 amide bonds. The van der Waals surface area contributed by atoms with E-state index >= 15 is 0 Å². The predicted molar refractivity (Wildman–Crippen MR) is 52.4 cm³/mol. The Hall–Kier alpha value is 0.00247. The van der Waals surface area contributed by atoms with Crippen LogP contribution in [0.25, 0.3) is 0 Å². The van der Waals surface area contributed by atoms with Gasteiger partial charge in [-0.3, -0.25) is 8.42 Å². The van der Waals surface area contributed by atoms with E-state index in [1.54, 1.807) is 0 Å². The Kier molecular flexibility index (Phi) is 1150. The molecule has 0 aliphatic rings. The van der Waals surface area contributed by atoms with Crippen LogP contribution in [-0.4, -0.2) is 89.6 Å². The summed E-state index contributed by atoms with van der Waals surface area (Å²) in [5.41, 5.74) is 0. The van der Waals surface area contributed by atoms with Crippen LogP contribution < -0.4 is 0 Å². The fraction of sp³-hybridized carbons (Fsp3) is 0. The van der Waals surface area contributed by atoms with Gasteiger partial charge in [-0.15, -0.1) is 0 Å². The zero-order chi connectivity index (χ0) is 4.50. The molecule has 0 aliphatic carbocycles. The first-order valence-corrected chi connectivity index (χ1v) is 2.00. The van der Waals surface area contributed by atoms with Gasteiger partial charge in [-0.2, -0.15) is 0 Å². The minimum Gasteiger partial charge on any atom is -0.759 e. The van der Waals surface area contributed by atoms with Crippen LogP contribution in [0.1, 0.15) is 0 Å². The Morgan fingerprint density at radius 3 is 0.500 bits per heavy atom. The van der Waals surface area contributed by atoms with Gasteiger partial charge in [0.05, 0.1) is 0 Å². The summed E-state index contributed by atoms with van der Waals surface area (Å²) >= 11 is 0. The maximum atomic E-state index is 8.52. The van der Waals surface area contributed by atoms with Crippen molar-refractivity contribution in [3.8, 4) is 0 Å². The van der Waals surface area contributed by atoms with Crippen molar-refractivity contribution in [3.05, 3.63) is 0 Å². The van der Waals surface area contributed by atoms with E-state index < -0.39 is 10.4 Å². The molecular formula is H20AlO14S+. The minimum absolute atomic E-state index is 0. The standard InChI is InChI=1S/Al.H2O4S.10H2O/c;1-5(2,3)4;;;;;;;;;;/h;(H2,1,2,3,4);10*1H2/q+3;;;;;;;;;;;/p-2. The molecular weight excluding hydrogens is 283 g/mol. The Balaban J connectivity index is -0.00000000145. The molecule has 112 valence electrons. The van der Waals surface area contributed by atoms with E-state index in [1.807, 2.05) is 0 Å². The molecule has 20 N–H and O–H groups in total. The van der Waals surface area contributed by atoms with E-state index in [0.29, 0.717) is 0 Å². The molecule has 0 aliphatic heterocycles. The van der Waals surface area contributed by atoms with Crippen molar-refractivity contribution >= 4 is 27.8 Å². The third-order valence-electron chi connectivity index (χ3n) is 0. The van der Waals surface area contributed by atoms with Crippen LogP contribution >= 0.6 is 0 Å². The van der Waals surface area contributed by atoms with Gasteiger partial charge in [0.25, 0.3) is 0 Å². The van der Waals surface area contributed by atoms with Gasteiger partial charge >= 0.3 is 17.4 Å². The molecule has 16 heavy (non-hydrogen) atoms. The molecule has 0 fully saturated rings. The molecule has 0 radical (unpaired) electrons. The van der Waals surface area contributed by atoms with Gasteiger partial charge in [0.1, 0.15) is 0 Å². The maximum Gasteiger partial charge on any atom is 3.00 e. The largest absolute Gasteiger partial charge is 3.00 e. The zero-order valence-corrected chi connectivity index (χ0v) is 9.59. The van der Waals surface area contributed by atoms with E-state index in [-0.39, 0.29) is 72.1 Å². The zero-order valence-electron chi connectivity index (χ0n) is 7.62. The Labute approximate surface area is 101 Å². The Bertz CT molecular complexity index is 93.9. The first-order valence-electron chi connectivity index (χ1n) is 0.667. The maximum absolute atomic E-state index is 8.52. The van der Waals surface area contributed by atoms with Crippen LogP contribution in [0.4, 0.5) is 0 Å².